The van der Waals surface area contributed by atoms with Crippen molar-refractivity contribution in [3.63, 3.8) is 0 Å². The third-order valence-electron chi connectivity index (χ3n) is 3.73. The van der Waals surface area contributed by atoms with Gasteiger partial charge in [-0.2, -0.15) is 4.98 Å². The first-order valence-electron chi connectivity index (χ1n) is 7.11. The van der Waals surface area contributed by atoms with E-state index in [0.717, 1.165) is 43.3 Å². The maximum absolute atomic E-state index is 5.17. The van der Waals surface area contributed by atoms with Crippen molar-refractivity contribution in [3.05, 3.63) is 29.8 Å². The number of nitrogens with zero attached hydrogens (tertiary/aromatic N) is 5. The molecule has 0 radical (unpaired) electrons. The average molecular weight is 289 g/mol. The smallest absolute Gasteiger partial charge is 0.252 e. The van der Waals surface area contributed by atoms with Crippen LogP contribution in [0.15, 0.2) is 16.9 Å². The fourth-order valence-electron chi connectivity index (χ4n) is 2.60. The molecule has 1 aliphatic rings. The summed E-state index contributed by atoms with van der Waals surface area (Å²) < 4.78 is 10.2. The minimum atomic E-state index is 0.346. The van der Waals surface area contributed by atoms with Crippen molar-refractivity contribution >= 4 is 5.82 Å². The number of anilines is 1. The first-order valence-corrected chi connectivity index (χ1v) is 7.11. The second-order valence-electron chi connectivity index (χ2n) is 5.26. The maximum Gasteiger partial charge on any atom is 0.252 e. The van der Waals surface area contributed by atoms with Crippen molar-refractivity contribution in [1.29, 1.82) is 0 Å². The predicted molar refractivity (Wildman–Crippen MR) is 76.0 cm³/mol. The monoisotopic (exact) mass is 289 g/mol. The van der Waals surface area contributed by atoms with Crippen LogP contribution in [-0.2, 0) is 11.3 Å². The van der Waals surface area contributed by atoms with E-state index in [9.17, 15) is 0 Å². The number of hydrogen-bond acceptors (Lipinski definition) is 7. The Morgan fingerprint density at radius 3 is 2.86 bits per heavy atom. The van der Waals surface area contributed by atoms with Crippen LogP contribution in [0.25, 0.3) is 0 Å². The molecule has 112 valence electrons. The quantitative estimate of drug-likeness (QED) is 0.847. The minimum Gasteiger partial charge on any atom is -0.375 e. The lowest BCUT2D eigenvalue weighted by molar-refractivity contribution is 0.151. The number of aryl methyl sites for hydroxylation is 1. The summed E-state index contributed by atoms with van der Waals surface area (Å²) in [6.45, 7) is 4.23. The summed E-state index contributed by atoms with van der Waals surface area (Å²) in [7, 11) is 1.62. The predicted octanol–water partition coefficient (Wildman–Crippen LogP) is 1.70. The van der Waals surface area contributed by atoms with E-state index >= 15 is 0 Å². The van der Waals surface area contributed by atoms with Crippen LogP contribution in [0.2, 0.25) is 0 Å². The van der Waals surface area contributed by atoms with E-state index in [4.69, 9.17) is 9.26 Å². The van der Waals surface area contributed by atoms with Crippen molar-refractivity contribution in [2.75, 3.05) is 25.1 Å². The molecule has 1 saturated heterocycles. The van der Waals surface area contributed by atoms with Gasteiger partial charge in [0.25, 0.3) is 5.89 Å². The zero-order valence-corrected chi connectivity index (χ0v) is 12.3. The van der Waals surface area contributed by atoms with Crippen molar-refractivity contribution in [3.8, 4) is 0 Å². The Morgan fingerprint density at radius 2 is 2.14 bits per heavy atom. The fourth-order valence-corrected chi connectivity index (χ4v) is 2.60. The molecule has 21 heavy (non-hydrogen) atoms. The molecule has 0 spiro atoms. The maximum atomic E-state index is 5.17. The molecular weight excluding hydrogens is 270 g/mol. The summed E-state index contributed by atoms with van der Waals surface area (Å²) in [4.78, 5) is 15.1. The van der Waals surface area contributed by atoms with Gasteiger partial charge in [-0.15, -0.1) is 0 Å². The van der Waals surface area contributed by atoms with Crippen LogP contribution in [0.1, 0.15) is 36.2 Å². The number of piperidine rings is 1. The van der Waals surface area contributed by atoms with E-state index < -0.39 is 0 Å². The third kappa shape index (κ3) is 3.18. The Balaban J connectivity index is 1.61. The van der Waals surface area contributed by atoms with E-state index in [1.807, 2.05) is 13.0 Å². The standard InChI is InChI=1S/C14H19N5O2/c1-10-7-12(16-9-15-10)19-5-3-11(4-6-19)14-17-13(8-20-2)21-18-14/h7,9,11H,3-6,8H2,1-2H3. The SMILES string of the molecule is COCc1nc(C2CCN(c3cc(C)ncn3)CC2)no1. The van der Waals surface area contributed by atoms with Crippen LogP contribution in [0.5, 0.6) is 0 Å². The van der Waals surface area contributed by atoms with Gasteiger partial charge in [0, 0.05) is 37.9 Å². The minimum absolute atomic E-state index is 0.346. The van der Waals surface area contributed by atoms with E-state index in [1.54, 1.807) is 13.4 Å². The number of rotatable bonds is 4. The summed E-state index contributed by atoms with van der Waals surface area (Å²) in [5.41, 5.74) is 0.990. The highest BCUT2D eigenvalue weighted by Gasteiger charge is 2.25. The summed E-state index contributed by atoms with van der Waals surface area (Å²) >= 11 is 0. The lowest BCUT2D eigenvalue weighted by Gasteiger charge is -2.31. The van der Waals surface area contributed by atoms with E-state index in [-0.39, 0.29) is 0 Å². The molecule has 3 rings (SSSR count). The number of ether oxygens (including phenoxy) is 1. The highest BCUT2D eigenvalue weighted by atomic mass is 16.5. The van der Waals surface area contributed by atoms with Crippen LogP contribution in [0, 0.1) is 6.92 Å². The first kappa shape index (κ1) is 13.9. The van der Waals surface area contributed by atoms with E-state index in [2.05, 4.69) is 25.0 Å². The zero-order valence-electron chi connectivity index (χ0n) is 12.3. The van der Waals surface area contributed by atoms with Gasteiger partial charge in [-0.25, -0.2) is 9.97 Å². The summed E-state index contributed by atoms with van der Waals surface area (Å²) in [6, 6.07) is 2.02. The second kappa shape index (κ2) is 6.17. The molecule has 0 saturated carbocycles. The molecule has 0 amide bonds. The molecule has 1 aliphatic heterocycles. The van der Waals surface area contributed by atoms with Gasteiger partial charge in [-0.3, -0.25) is 0 Å². The molecule has 2 aromatic rings. The third-order valence-corrected chi connectivity index (χ3v) is 3.73. The van der Waals surface area contributed by atoms with E-state index in [0.29, 0.717) is 18.4 Å². The number of hydrogen-bond donors (Lipinski definition) is 0. The molecule has 0 bridgehead atoms. The summed E-state index contributed by atoms with van der Waals surface area (Å²) in [6.07, 6.45) is 3.61. The van der Waals surface area contributed by atoms with Gasteiger partial charge in [0.1, 0.15) is 18.8 Å². The first-order chi connectivity index (χ1) is 10.3. The lowest BCUT2D eigenvalue weighted by Crippen LogP contribution is -2.33. The molecule has 2 aromatic heterocycles. The van der Waals surface area contributed by atoms with Crippen molar-refractivity contribution in [2.45, 2.75) is 32.3 Å². The average Bonchev–Trinajstić information content (AvgIpc) is 2.97. The van der Waals surface area contributed by atoms with Gasteiger partial charge in [0.15, 0.2) is 5.82 Å². The van der Waals surface area contributed by atoms with Crippen LogP contribution in [0.4, 0.5) is 5.82 Å². The summed E-state index contributed by atoms with van der Waals surface area (Å²) in [5.74, 6) is 2.68. The fraction of sp³-hybridized carbons (Fsp3) is 0.571. The Labute approximate surface area is 123 Å². The molecule has 7 nitrogen and oxygen atoms in total. The molecule has 3 heterocycles. The van der Waals surface area contributed by atoms with Gasteiger partial charge in [-0.1, -0.05) is 5.16 Å². The Hall–Kier alpha value is -2.02. The molecule has 0 aliphatic carbocycles. The number of aromatic nitrogens is 4. The van der Waals surface area contributed by atoms with Gasteiger partial charge in [-0.05, 0) is 19.8 Å². The highest BCUT2D eigenvalue weighted by Crippen LogP contribution is 2.28. The molecule has 7 heteroatoms. The van der Waals surface area contributed by atoms with Gasteiger partial charge < -0.3 is 14.2 Å². The van der Waals surface area contributed by atoms with E-state index in [1.165, 1.54) is 0 Å². The van der Waals surface area contributed by atoms with Crippen molar-refractivity contribution in [1.82, 2.24) is 20.1 Å². The second-order valence-corrected chi connectivity index (χ2v) is 5.26. The van der Waals surface area contributed by atoms with Crippen LogP contribution in [-0.4, -0.2) is 40.3 Å². The van der Waals surface area contributed by atoms with Gasteiger partial charge in [0.2, 0.25) is 0 Å². The molecular formula is C14H19N5O2. The zero-order chi connectivity index (χ0) is 14.7. The highest BCUT2D eigenvalue weighted by molar-refractivity contribution is 5.39. The van der Waals surface area contributed by atoms with Gasteiger partial charge in [0.05, 0.1) is 0 Å². The topological polar surface area (TPSA) is 77.2 Å². The van der Waals surface area contributed by atoms with Crippen molar-refractivity contribution < 1.29 is 9.26 Å². The Morgan fingerprint density at radius 1 is 1.33 bits per heavy atom. The van der Waals surface area contributed by atoms with Crippen molar-refractivity contribution in [2.24, 2.45) is 0 Å². The molecule has 1 fully saturated rings. The summed E-state index contributed by atoms with van der Waals surface area (Å²) in [5, 5.41) is 4.06. The molecule has 0 aromatic carbocycles. The normalized spacial score (nSPS) is 16.4. The molecule has 0 unspecified atom stereocenters. The lowest BCUT2D eigenvalue weighted by atomic mass is 9.96. The molecule has 0 atom stereocenters. The van der Waals surface area contributed by atoms with Crippen LogP contribution in [0.3, 0.4) is 0 Å². The van der Waals surface area contributed by atoms with Crippen LogP contribution < -0.4 is 4.90 Å². The largest absolute Gasteiger partial charge is 0.375 e. The Kier molecular flexibility index (Phi) is 4.10. The molecule has 0 N–H and O–H groups in total. The van der Waals surface area contributed by atoms with Crippen LogP contribution >= 0.6 is 0 Å². The number of methoxy groups -OCH3 is 1. The van der Waals surface area contributed by atoms with Gasteiger partial charge >= 0.3 is 0 Å². The Bertz CT molecular complexity index is 593.